The number of nitrogens with zero attached hydrogens (tertiary/aromatic N) is 1. The van der Waals surface area contributed by atoms with E-state index in [1.165, 1.54) is 11.1 Å². The highest BCUT2D eigenvalue weighted by molar-refractivity contribution is 5.80. The molecule has 22 heavy (non-hydrogen) atoms. The summed E-state index contributed by atoms with van der Waals surface area (Å²) in [4.78, 5) is 4.38. The minimum atomic E-state index is 0.169. The average molecular weight is 301 g/mol. The highest BCUT2D eigenvalue weighted by Crippen LogP contribution is 2.52. The summed E-state index contributed by atoms with van der Waals surface area (Å²) in [5.41, 5.74) is 2.72. The second-order valence-corrected chi connectivity index (χ2v) is 7.10. The molecule has 2 fully saturated rings. The van der Waals surface area contributed by atoms with Crippen LogP contribution in [0.15, 0.2) is 29.3 Å². The molecule has 3 unspecified atom stereocenters. The molecule has 1 saturated carbocycles. The first kappa shape index (κ1) is 15.3. The van der Waals surface area contributed by atoms with Crippen LogP contribution in [-0.4, -0.2) is 31.8 Å². The first-order valence-electron chi connectivity index (χ1n) is 8.16. The molecule has 1 heterocycles. The number of fused-ring (bicyclic) bond motifs is 1. The zero-order valence-electron chi connectivity index (χ0n) is 14.0. The van der Waals surface area contributed by atoms with Crippen molar-refractivity contribution in [3.05, 3.63) is 35.4 Å². The van der Waals surface area contributed by atoms with Gasteiger partial charge in [0.25, 0.3) is 0 Å². The van der Waals surface area contributed by atoms with Gasteiger partial charge in [0.15, 0.2) is 5.96 Å². The van der Waals surface area contributed by atoms with E-state index in [2.05, 4.69) is 60.7 Å². The average Bonchev–Trinajstić information content (AvgIpc) is 2.96. The summed E-state index contributed by atoms with van der Waals surface area (Å²) < 4.78 is 5.85. The molecular weight excluding hydrogens is 274 g/mol. The number of rotatable bonds is 3. The van der Waals surface area contributed by atoms with Gasteiger partial charge in [-0.2, -0.15) is 0 Å². The van der Waals surface area contributed by atoms with Crippen molar-refractivity contribution in [2.24, 2.45) is 16.3 Å². The monoisotopic (exact) mass is 301 g/mol. The van der Waals surface area contributed by atoms with E-state index in [-0.39, 0.29) is 5.41 Å². The topological polar surface area (TPSA) is 45.7 Å². The first-order chi connectivity index (χ1) is 10.5. The van der Waals surface area contributed by atoms with Crippen LogP contribution in [-0.2, 0) is 11.3 Å². The molecule has 0 spiro atoms. The van der Waals surface area contributed by atoms with Gasteiger partial charge in [0.05, 0.1) is 6.10 Å². The quantitative estimate of drug-likeness (QED) is 0.666. The van der Waals surface area contributed by atoms with Gasteiger partial charge in [-0.25, -0.2) is 0 Å². The normalized spacial score (nSPS) is 29.6. The van der Waals surface area contributed by atoms with E-state index in [0.29, 0.717) is 18.1 Å². The number of aryl methyl sites for hydroxylation is 1. The molecule has 0 bridgehead atoms. The molecule has 1 aromatic carbocycles. The maximum absolute atomic E-state index is 5.85. The summed E-state index contributed by atoms with van der Waals surface area (Å²) in [6.45, 7) is 8.36. The fraction of sp³-hybridized carbons (Fsp3) is 0.611. The van der Waals surface area contributed by atoms with Gasteiger partial charge in [-0.05, 0) is 18.9 Å². The molecule has 3 rings (SSSR count). The van der Waals surface area contributed by atoms with Gasteiger partial charge < -0.3 is 15.4 Å². The summed E-state index contributed by atoms with van der Waals surface area (Å²) in [5, 5.41) is 7.03. The van der Waals surface area contributed by atoms with Crippen molar-refractivity contribution in [1.29, 1.82) is 0 Å². The van der Waals surface area contributed by atoms with Crippen molar-refractivity contribution in [2.45, 2.75) is 45.9 Å². The van der Waals surface area contributed by atoms with E-state index in [1.54, 1.807) is 0 Å². The Bertz CT molecular complexity index is 550. The van der Waals surface area contributed by atoms with Crippen molar-refractivity contribution >= 4 is 5.96 Å². The summed E-state index contributed by atoms with van der Waals surface area (Å²) in [7, 11) is 1.83. The second-order valence-electron chi connectivity index (χ2n) is 7.10. The molecule has 4 nitrogen and oxygen atoms in total. The number of ether oxygens (including phenoxy) is 1. The molecule has 0 radical (unpaired) electrons. The summed E-state index contributed by atoms with van der Waals surface area (Å²) in [6, 6.07) is 9.03. The predicted molar refractivity (Wildman–Crippen MR) is 89.9 cm³/mol. The molecule has 2 N–H and O–H groups in total. The summed E-state index contributed by atoms with van der Waals surface area (Å²) in [5.74, 6) is 1.50. The number of benzene rings is 1. The Hall–Kier alpha value is -1.55. The van der Waals surface area contributed by atoms with E-state index in [1.807, 2.05) is 7.05 Å². The van der Waals surface area contributed by atoms with Gasteiger partial charge in [-0.3, -0.25) is 4.99 Å². The first-order valence-corrected chi connectivity index (χ1v) is 8.16. The van der Waals surface area contributed by atoms with Crippen LogP contribution < -0.4 is 10.6 Å². The Labute approximate surface area is 133 Å². The lowest BCUT2D eigenvalue weighted by atomic mass is 9.57. The third-order valence-corrected chi connectivity index (χ3v) is 5.20. The standard InChI is InChI=1S/C18H27N3O/c1-12-5-7-13(8-6-12)11-20-17(19-4)21-15-14-9-10-22-16(14)18(15,2)3/h5-8,14-16H,9-11H2,1-4H3,(H2,19,20,21). The maximum atomic E-state index is 5.85. The zero-order chi connectivity index (χ0) is 15.7. The van der Waals surface area contributed by atoms with Crippen LogP contribution in [0.25, 0.3) is 0 Å². The van der Waals surface area contributed by atoms with Crippen molar-refractivity contribution in [3.63, 3.8) is 0 Å². The van der Waals surface area contributed by atoms with Crippen LogP contribution in [0.5, 0.6) is 0 Å². The fourth-order valence-corrected chi connectivity index (χ4v) is 3.85. The number of hydrogen-bond acceptors (Lipinski definition) is 2. The van der Waals surface area contributed by atoms with Crippen LogP contribution >= 0.6 is 0 Å². The molecule has 1 aliphatic carbocycles. The molecule has 3 atom stereocenters. The van der Waals surface area contributed by atoms with Gasteiger partial charge in [0.2, 0.25) is 0 Å². The predicted octanol–water partition coefficient (Wildman–Crippen LogP) is 2.47. The van der Waals surface area contributed by atoms with Crippen molar-refractivity contribution in [3.8, 4) is 0 Å². The van der Waals surface area contributed by atoms with E-state index < -0.39 is 0 Å². The van der Waals surface area contributed by atoms with Crippen LogP contribution in [0.3, 0.4) is 0 Å². The lowest BCUT2D eigenvalue weighted by Gasteiger charge is -2.54. The van der Waals surface area contributed by atoms with Gasteiger partial charge in [-0.1, -0.05) is 43.7 Å². The third-order valence-electron chi connectivity index (χ3n) is 5.20. The fourth-order valence-electron chi connectivity index (χ4n) is 3.85. The molecule has 1 aromatic rings. The number of nitrogens with one attached hydrogen (secondary N) is 2. The van der Waals surface area contributed by atoms with Gasteiger partial charge in [0, 0.05) is 37.6 Å². The smallest absolute Gasteiger partial charge is 0.191 e. The summed E-state index contributed by atoms with van der Waals surface area (Å²) in [6.07, 6.45) is 1.56. The Morgan fingerprint density at radius 1 is 1.32 bits per heavy atom. The van der Waals surface area contributed by atoms with Crippen molar-refractivity contribution in [1.82, 2.24) is 10.6 Å². The Balaban J connectivity index is 1.57. The number of aliphatic imine (C=N–C) groups is 1. The Kier molecular flexibility index (Phi) is 4.13. The van der Waals surface area contributed by atoms with E-state index in [0.717, 1.165) is 25.5 Å². The lowest BCUT2D eigenvalue weighted by Crippen LogP contribution is -2.67. The molecule has 1 saturated heterocycles. The van der Waals surface area contributed by atoms with Crippen LogP contribution in [0.4, 0.5) is 0 Å². The molecule has 0 amide bonds. The zero-order valence-corrected chi connectivity index (χ0v) is 14.0. The molecule has 2 aliphatic rings. The molecule has 1 aliphatic heterocycles. The van der Waals surface area contributed by atoms with E-state index >= 15 is 0 Å². The van der Waals surface area contributed by atoms with E-state index in [4.69, 9.17) is 4.74 Å². The van der Waals surface area contributed by atoms with Crippen LogP contribution in [0.2, 0.25) is 0 Å². The highest BCUT2D eigenvalue weighted by Gasteiger charge is 2.59. The second kappa shape index (κ2) is 5.92. The summed E-state index contributed by atoms with van der Waals surface area (Å²) >= 11 is 0. The van der Waals surface area contributed by atoms with E-state index in [9.17, 15) is 0 Å². The highest BCUT2D eigenvalue weighted by atomic mass is 16.5. The number of guanidine groups is 1. The molecule has 0 aromatic heterocycles. The van der Waals surface area contributed by atoms with Gasteiger partial charge in [0.1, 0.15) is 0 Å². The van der Waals surface area contributed by atoms with Crippen molar-refractivity contribution in [2.75, 3.05) is 13.7 Å². The van der Waals surface area contributed by atoms with Crippen LogP contribution in [0.1, 0.15) is 31.4 Å². The minimum absolute atomic E-state index is 0.169. The van der Waals surface area contributed by atoms with Gasteiger partial charge >= 0.3 is 0 Å². The number of hydrogen-bond donors (Lipinski definition) is 2. The lowest BCUT2D eigenvalue weighted by molar-refractivity contribution is -0.106. The molecule has 120 valence electrons. The molecular formula is C18H27N3O. The molecule has 4 heteroatoms. The Morgan fingerprint density at radius 2 is 2.05 bits per heavy atom. The SMILES string of the molecule is CN=C(NCc1ccc(C)cc1)NC1C2CCOC2C1(C)C. The van der Waals surface area contributed by atoms with Gasteiger partial charge in [-0.15, -0.1) is 0 Å². The van der Waals surface area contributed by atoms with Crippen molar-refractivity contribution < 1.29 is 4.74 Å². The maximum Gasteiger partial charge on any atom is 0.191 e. The largest absolute Gasteiger partial charge is 0.377 e. The Morgan fingerprint density at radius 3 is 2.73 bits per heavy atom. The van der Waals surface area contributed by atoms with Crippen LogP contribution in [0, 0.1) is 18.3 Å². The third kappa shape index (κ3) is 2.72. The minimum Gasteiger partial charge on any atom is -0.377 e.